The number of hydrogen-bond acceptors (Lipinski definition) is 4. The van der Waals surface area contributed by atoms with Crippen LogP contribution in [0.2, 0.25) is 0 Å². The summed E-state index contributed by atoms with van der Waals surface area (Å²) in [7, 11) is 0. The van der Waals surface area contributed by atoms with Crippen LogP contribution in [0.3, 0.4) is 0 Å². The molecule has 0 aromatic heterocycles. The fourth-order valence-electron chi connectivity index (χ4n) is 2.14. The first-order valence-corrected chi connectivity index (χ1v) is 8.12. The predicted octanol–water partition coefficient (Wildman–Crippen LogP) is 3.47. The fraction of sp³-hybridized carbons (Fsp3) is 0.150. The molecule has 6 nitrogen and oxygen atoms in total. The molecule has 26 heavy (non-hydrogen) atoms. The van der Waals surface area contributed by atoms with Crippen molar-refractivity contribution >= 4 is 35.2 Å². The maximum Gasteiger partial charge on any atom is 0.330 e. The molecule has 2 aromatic rings. The van der Waals surface area contributed by atoms with E-state index in [0.29, 0.717) is 23.5 Å². The minimum atomic E-state index is -0.396. The molecule has 0 aliphatic rings. The van der Waals surface area contributed by atoms with E-state index in [1.165, 1.54) is 13.0 Å². The Morgan fingerprint density at radius 3 is 2.08 bits per heavy atom. The van der Waals surface area contributed by atoms with Crippen molar-refractivity contribution in [3.63, 3.8) is 0 Å². The van der Waals surface area contributed by atoms with Crippen molar-refractivity contribution in [3.05, 3.63) is 65.7 Å². The summed E-state index contributed by atoms with van der Waals surface area (Å²) >= 11 is 0. The van der Waals surface area contributed by atoms with Gasteiger partial charge in [0.05, 0.1) is 6.61 Å². The lowest BCUT2D eigenvalue weighted by atomic mass is 10.1. The van der Waals surface area contributed by atoms with Crippen LogP contribution >= 0.6 is 0 Å². The van der Waals surface area contributed by atoms with Crippen LogP contribution in [-0.2, 0) is 14.3 Å². The second kappa shape index (κ2) is 9.17. The van der Waals surface area contributed by atoms with Crippen LogP contribution in [0.4, 0.5) is 11.4 Å². The highest BCUT2D eigenvalue weighted by molar-refractivity contribution is 6.04. The van der Waals surface area contributed by atoms with E-state index in [4.69, 9.17) is 4.74 Å². The standard InChI is InChI=1S/C20H20N2O4/c1-3-26-19(24)13-6-15-4-9-18(10-5-15)22-20(25)16-7-11-17(12-8-16)21-14(2)23/h4-13H,3H2,1-2H3,(H,21,23)(H,22,25)/b13-6+. The molecular weight excluding hydrogens is 332 g/mol. The van der Waals surface area contributed by atoms with E-state index in [1.54, 1.807) is 61.5 Å². The van der Waals surface area contributed by atoms with Gasteiger partial charge >= 0.3 is 5.97 Å². The van der Waals surface area contributed by atoms with Crippen LogP contribution < -0.4 is 10.6 Å². The van der Waals surface area contributed by atoms with Gasteiger partial charge in [-0.2, -0.15) is 0 Å². The first-order valence-electron chi connectivity index (χ1n) is 8.12. The van der Waals surface area contributed by atoms with E-state index in [9.17, 15) is 14.4 Å². The number of anilines is 2. The summed E-state index contributed by atoms with van der Waals surface area (Å²) in [4.78, 5) is 34.5. The molecular formula is C20H20N2O4. The number of ether oxygens (including phenoxy) is 1. The third-order valence-electron chi connectivity index (χ3n) is 3.33. The van der Waals surface area contributed by atoms with Crippen molar-refractivity contribution < 1.29 is 19.1 Å². The van der Waals surface area contributed by atoms with E-state index in [2.05, 4.69) is 10.6 Å². The second-order valence-electron chi connectivity index (χ2n) is 5.42. The molecule has 2 N–H and O–H groups in total. The Hall–Kier alpha value is -3.41. The van der Waals surface area contributed by atoms with Gasteiger partial charge in [0.1, 0.15) is 0 Å². The van der Waals surface area contributed by atoms with E-state index < -0.39 is 5.97 Å². The Balaban J connectivity index is 1.96. The van der Waals surface area contributed by atoms with Crippen molar-refractivity contribution in [2.45, 2.75) is 13.8 Å². The Bertz CT molecular complexity index is 809. The minimum Gasteiger partial charge on any atom is -0.463 e. The molecule has 0 atom stereocenters. The average molecular weight is 352 g/mol. The third-order valence-corrected chi connectivity index (χ3v) is 3.33. The summed E-state index contributed by atoms with van der Waals surface area (Å²) in [6.45, 7) is 3.50. The van der Waals surface area contributed by atoms with Gasteiger partial charge in [-0.15, -0.1) is 0 Å². The maximum absolute atomic E-state index is 12.2. The zero-order valence-corrected chi connectivity index (χ0v) is 14.6. The topological polar surface area (TPSA) is 84.5 Å². The molecule has 0 unspecified atom stereocenters. The van der Waals surface area contributed by atoms with Crippen LogP contribution in [0.5, 0.6) is 0 Å². The van der Waals surface area contributed by atoms with Crippen molar-refractivity contribution in [1.82, 2.24) is 0 Å². The number of benzene rings is 2. The van der Waals surface area contributed by atoms with Gasteiger partial charge in [-0.3, -0.25) is 9.59 Å². The molecule has 2 aromatic carbocycles. The molecule has 0 bridgehead atoms. The lowest BCUT2D eigenvalue weighted by Crippen LogP contribution is -2.12. The average Bonchev–Trinajstić information content (AvgIpc) is 2.61. The van der Waals surface area contributed by atoms with Gasteiger partial charge < -0.3 is 15.4 Å². The van der Waals surface area contributed by atoms with Gasteiger partial charge in [0.25, 0.3) is 5.91 Å². The minimum absolute atomic E-state index is 0.167. The molecule has 0 spiro atoms. The highest BCUT2D eigenvalue weighted by Crippen LogP contribution is 2.14. The molecule has 0 fully saturated rings. The molecule has 0 saturated carbocycles. The number of amides is 2. The van der Waals surface area contributed by atoms with Crippen LogP contribution in [0.15, 0.2) is 54.6 Å². The largest absolute Gasteiger partial charge is 0.463 e. The lowest BCUT2D eigenvalue weighted by Gasteiger charge is -2.07. The van der Waals surface area contributed by atoms with Gasteiger partial charge in [0.2, 0.25) is 5.91 Å². The van der Waals surface area contributed by atoms with Crippen molar-refractivity contribution in [2.75, 3.05) is 17.2 Å². The van der Waals surface area contributed by atoms with Gasteiger partial charge in [0.15, 0.2) is 0 Å². The Kier molecular flexibility index (Phi) is 6.68. The smallest absolute Gasteiger partial charge is 0.330 e. The summed E-state index contributed by atoms with van der Waals surface area (Å²) in [5, 5.41) is 5.43. The zero-order chi connectivity index (χ0) is 18.9. The number of nitrogens with one attached hydrogen (secondary N) is 2. The molecule has 0 saturated heterocycles. The highest BCUT2D eigenvalue weighted by atomic mass is 16.5. The predicted molar refractivity (Wildman–Crippen MR) is 101 cm³/mol. The number of rotatable bonds is 6. The van der Waals surface area contributed by atoms with Gasteiger partial charge in [0, 0.05) is 29.9 Å². The highest BCUT2D eigenvalue weighted by Gasteiger charge is 2.06. The Morgan fingerprint density at radius 1 is 0.923 bits per heavy atom. The third kappa shape index (κ3) is 5.90. The number of carbonyl (C=O) groups is 3. The lowest BCUT2D eigenvalue weighted by molar-refractivity contribution is -0.137. The monoisotopic (exact) mass is 352 g/mol. The van der Waals surface area contributed by atoms with Crippen molar-refractivity contribution in [1.29, 1.82) is 0 Å². The maximum atomic E-state index is 12.2. The van der Waals surface area contributed by atoms with Crippen LogP contribution in [0.1, 0.15) is 29.8 Å². The SMILES string of the molecule is CCOC(=O)/C=C/c1ccc(NC(=O)c2ccc(NC(C)=O)cc2)cc1. The first kappa shape index (κ1) is 18.9. The van der Waals surface area contributed by atoms with Crippen molar-refractivity contribution in [3.8, 4) is 0 Å². The Morgan fingerprint density at radius 2 is 1.50 bits per heavy atom. The van der Waals surface area contributed by atoms with E-state index in [0.717, 1.165) is 5.56 Å². The van der Waals surface area contributed by atoms with E-state index in [-0.39, 0.29) is 11.8 Å². The summed E-state index contributed by atoms with van der Waals surface area (Å²) in [5.41, 5.74) is 2.56. The Labute approximate surface area is 151 Å². The molecule has 2 rings (SSSR count). The first-order chi connectivity index (χ1) is 12.5. The summed E-state index contributed by atoms with van der Waals surface area (Å²) in [6, 6.07) is 13.7. The fourth-order valence-corrected chi connectivity index (χ4v) is 2.14. The molecule has 0 heterocycles. The summed E-state index contributed by atoms with van der Waals surface area (Å²) < 4.78 is 4.81. The molecule has 0 aliphatic carbocycles. The van der Waals surface area contributed by atoms with E-state index in [1.807, 2.05) is 0 Å². The molecule has 6 heteroatoms. The number of esters is 1. The molecule has 0 aliphatic heterocycles. The molecule has 2 amide bonds. The molecule has 0 radical (unpaired) electrons. The number of carbonyl (C=O) groups excluding carboxylic acids is 3. The van der Waals surface area contributed by atoms with Crippen molar-refractivity contribution in [2.24, 2.45) is 0 Å². The summed E-state index contributed by atoms with van der Waals surface area (Å²) in [6.07, 6.45) is 3.00. The van der Waals surface area contributed by atoms with Crippen LogP contribution in [0.25, 0.3) is 6.08 Å². The van der Waals surface area contributed by atoms with E-state index >= 15 is 0 Å². The van der Waals surface area contributed by atoms with Crippen LogP contribution in [0, 0.1) is 0 Å². The number of hydrogen-bond donors (Lipinski definition) is 2. The second-order valence-corrected chi connectivity index (χ2v) is 5.42. The zero-order valence-electron chi connectivity index (χ0n) is 14.6. The summed E-state index contributed by atoms with van der Waals surface area (Å²) in [5.74, 6) is -0.818. The molecule has 134 valence electrons. The van der Waals surface area contributed by atoms with Gasteiger partial charge in [-0.1, -0.05) is 12.1 Å². The quantitative estimate of drug-likeness (QED) is 0.616. The van der Waals surface area contributed by atoms with Gasteiger partial charge in [-0.25, -0.2) is 4.79 Å². The van der Waals surface area contributed by atoms with Crippen LogP contribution in [-0.4, -0.2) is 24.4 Å². The van der Waals surface area contributed by atoms with Gasteiger partial charge in [-0.05, 0) is 55.0 Å². The normalized spacial score (nSPS) is 10.4.